The fourth-order valence-electron chi connectivity index (χ4n) is 2.50. The van der Waals surface area contributed by atoms with Gasteiger partial charge in [-0.1, -0.05) is 13.8 Å². The number of aromatic nitrogens is 2. The van der Waals surface area contributed by atoms with Crippen LogP contribution in [0.1, 0.15) is 54.3 Å². The van der Waals surface area contributed by atoms with Crippen LogP contribution in [0.5, 0.6) is 0 Å². The van der Waals surface area contributed by atoms with Gasteiger partial charge in [0.05, 0.1) is 18.2 Å². The molecule has 0 atom stereocenters. The number of aryl methyl sites for hydroxylation is 1. The first-order chi connectivity index (χ1) is 10.0. The van der Waals surface area contributed by atoms with E-state index in [1.54, 1.807) is 13.0 Å². The normalized spacial score (nSPS) is 11.1. The molecule has 0 spiro atoms. The lowest BCUT2D eigenvalue weighted by Gasteiger charge is -2.12. The molecule has 0 saturated heterocycles. The second-order valence-corrected chi connectivity index (χ2v) is 5.37. The van der Waals surface area contributed by atoms with Crippen molar-refractivity contribution in [3.63, 3.8) is 0 Å². The van der Waals surface area contributed by atoms with Gasteiger partial charge in [-0.25, -0.2) is 4.39 Å². The van der Waals surface area contributed by atoms with Gasteiger partial charge in [-0.05, 0) is 49.6 Å². The molecule has 0 fully saturated rings. The predicted molar refractivity (Wildman–Crippen MR) is 81.0 cm³/mol. The first-order valence-corrected chi connectivity index (χ1v) is 7.37. The minimum atomic E-state index is -0.374. The average Bonchev–Trinajstić information content (AvgIpc) is 2.87. The summed E-state index contributed by atoms with van der Waals surface area (Å²) in [6, 6.07) is 6.64. The molecule has 0 unspecified atom stereocenters. The van der Waals surface area contributed by atoms with Gasteiger partial charge in [-0.2, -0.15) is 5.10 Å². The summed E-state index contributed by atoms with van der Waals surface area (Å²) >= 11 is 0. The molecule has 3 nitrogen and oxygen atoms in total. The summed E-state index contributed by atoms with van der Waals surface area (Å²) in [5.74, 6) is -0.478. The highest BCUT2D eigenvalue weighted by Gasteiger charge is 2.13. The highest BCUT2D eigenvalue weighted by Crippen LogP contribution is 2.16. The third-order valence-corrected chi connectivity index (χ3v) is 3.69. The number of carbonyl (C=O) groups excluding carboxylic acids is 1. The Bertz CT molecular complexity index is 609. The Morgan fingerprint density at radius 1 is 1.29 bits per heavy atom. The molecule has 0 N–H and O–H groups in total. The lowest BCUT2D eigenvalue weighted by molar-refractivity contribution is 0.0991. The maximum absolute atomic E-state index is 13.4. The van der Waals surface area contributed by atoms with Crippen LogP contribution in [0, 0.1) is 12.7 Å². The molecule has 0 aliphatic heterocycles. The maximum Gasteiger partial charge on any atom is 0.168 e. The van der Waals surface area contributed by atoms with E-state index in [4.69, 9.17) is 0 Å². The van der Waals surface area contributed by atoms with Crippen molar-refractivity contribution in [3.05, 3.63) is 53.1 Å². The van der Waals surface area contributed by atoms with E-state index in [-0.39, 0.29) is 18.0 Å². The predicted octanol–water partition coefficient (Wildman–Crippen LogP) is 4.12. The third-order valence-electron chi connectivity index (χ3n) is 3.69. The monoisotopic (exact) mass is 288 g/mol. The molecule has 0 aliphatic rings. The number of carbonyl (C=O) groups is 1. The Hall–Kier alpha value is -1.97. The molecule has 4 heteroatoms. The van der Waals surface area contributed by atoms with Crippen LogP contribution >= 0.6 is 0 Å². The molecule has 1 aromatic carbocycles. The summed E-state index contributed by atoms with van der Waals surface area (Å²) in [6.45, 7) is 6.02. The highest BCUT2D eigenvalue weighted by molar-refractivity contribution is 5.97. The Balaban J connectivity index is 2.12. The van der Waals surface area contributed by atoms with Crippen molar-refractivity contribution >= 4 is 5.78 Å². The summed E-state index contributed by atoms with van der Waals surface area (Å²) in [4.78, 5) is 12.2. The van der Waals surface area contributed by atoms with Gasteiger partial charge in [0.15, 0.2) is 5.78 Å². The van der Waals surface area contributed by atoms with Gasteiger partial charge in [0.1, 0.15) is 5.82 Å². The molecule has 1 aromatic heterocycles. The van der Waals surface area contributed by atoms with Gasteiger partial charge in [0, 0.05) is 11.8 Å². The van der Waals surface area contributed by atoms with Crippen molar-refractivity contribution < 1.29 is 9.18 Å². The second kappa shape index (κ2) is 6.66. The Morgan fingerprint density at radius 3 is 2.62 bits per heavy atom. The third kappa shape index (κ3) is 3.78. The van der Waals surface area contributed by atoms with Gasteiger partial charge in [0.2, 0.25) is 0 Å². The number of ketones is 1. The van der Waals surface area contributed by atoms with Gasteiger partial charge < -0.3 is 0 Å². The molecule has 2 aromatic rings. The zero-order chi connectivity index (χ0) is 15.4. The summed E-state index contributed by atoms with van der Waals surface area (Å²) in [5, 5.41) is 4.46. The molecule has 0 radical (unpaired) electrons. The molecule has 112 valence electrons. The van der Waals surface area contributed by atoms with Gasteiger partial charge in [-0.3, -0.25) is 9.48 Å². The SMILES string of the molecule is CCC(CC)n1ccc(CC(=O)c2cc(C)cc(F)c2)n1. The average molecular weight is 288 g/mol. The fraction of sp³-hybridized carbons (Fsp3) is 0.412. The molecule has 0 amide bonds. The minimum Gasteiger partial charge on any atom is -0.294 e. The maximum atomic E-state index is 13.4. The van der Waals surface area contributed by atoms with E-state index < -0.39 is 0 Å². The van der Waals surface area contributed by atoms with Crippen LogP contribution in [0.4, 0.5) is 4.39 Å². The Kier molecular flexibility index (Phi) is 4.89. The van der Waals surface area contributed by atoms with Crippen LogP contribution in [0.15, 0.2) is 30.5 Å². The first-order valence-electron chi connectivity index (χ1n) is 7.37. The van der Waals surface area contributed by atoms with E-state index in [1.165, 1.54) is 12.1 Å². The Labute approximate surface area is 124 Å². The van der Waals surface area contributed by atoms with Crippen molar-refractivity contribution in [2.24, 2.45) is 0 Å². The van der Waals surface area contributed by atoms with E-state index in [2.05, 4.69) is 18.9 Å². The molecular formula is C17H21FN2O. The molecule has 1 heterocycles. The van der Waals surface area contributed by atoms with Crippen molar-refractivity contribution in [3.8, 4) is 0 Å². The Morgan fingerprint density at radius 2 is 2.00 bits per heavy atom. The van der Waals surface area contributed by atoms with Gasteiger partial charge >= 0.3 is 0 Å². The second-order valence-electron chi connectivity index (χ2n) is 5.37. The van der Waals surface area contributed by atoms with Gasteiger partial charge in [0.25, 0.3) is 0 Å². The molecular weight excluding hydrogens is 267 g/mol. The topological polar surface area (TPSA) is 34.9 Å². The molecule has 21 heavy (non-hydrogen) atoms. The number of rotatable bonds is 6. The smallest absolute Gasteiger partial charge is 0.168 e. The van der Waals surface area contributed by atoms with Crippen molar-refractivity contribution in [2.75, 3.05) is 0 Å². The first kappa shape index (κ1) is 15.4. The quantitative estimate of drug-likeness (QED) is 0.749. The lowest BCUT2D eigenvalue weighted by Crippen LogP contribution is -2.09. The number of benzene rings is 1. The molecule has 2 rings (SSSR count). The van der Waals surface area contributed by atoms with E-state index in [0.29, 0.717) is 11.6 Å². The van der Waals surface area contributed by atoms with E-state index in [1.807, 2.05) is 16.9 Å². The van der Waals surface area contributed by atoms with Crippen LogP contribution < -0.4 is 0 Å². The minimum absolute atomic E-state index is 0.104. The van der Waals surface area contributed by atoms with E-state index in [9.17, 15) is 9.18 Å². The van der Waals surface area contributed by atoms with Crippen LogP contribution in [-0.4, -0.2) is 15.6 Å². The van der Waals surface area contributed by atoms with Crippen LogP contribution in [0.2, 0.25) is 0 Å². The van der Waals surface area contributed by atoms with Crippen LogP contribution in [-0.2, 0) is 6.42 Å². The standard InChI is InChI=1S/C17H21FN2O/c1-4-16(5-2)20-7-6-15(19-20)11-17(21)13-8-12(3)9-14(18)10-13/h6-10,16H,4-5,11H2,1-3H3. The number of Topliss-reactive ketones (excluding diaryl/α,β-unsaturated/α-hetero) is 1. The van der Waals surface area contributed by atoms with Gasteiger partial charge in [-0.15, -0.1) is 0 Å². The van der Waals surface area contributed by atoms with Crippen molar-refractivity contribution in [1.29, 1.82) is 0 Å². The number of hydrogen-bond acceptors (Lipinski definition) is 2. The highest BCUT2D eigenvalue weighted by atomic mass is 19.1. The summed E-state index contributed by atoms with van der Waals surface area (Å²) in [7, 11) is 0. The summed E-state index contributed by atoms with van der Waals surface area (Å²) in [5.41, 5.74) is 1.89. The summed E-state index contributed by atoms with van der Waals surface area (Å²) < 4.78 is 15.3. The van der Waals surface area contributed by atoms with Crippen LogP contribution in [0.25, 0.3) is 0 Å². The number of halogens is 1. The summed E-state index contributed by atoms with van der Waals surface area (Å²) in [6.07, 6.45) is 4.14. The molecule has 0 saturated carbocycles. The van der Waals surface area contributed by atoms with E-state index in [0.717, 1.165) is 24.1 Å². The van der Waals surface area contributed by atoms with Crippen molar-refractivity contribution in [1.82, 2.24) is 9.78 Å². The van der Waals surface area contributed by atoms with E-state index >= 15 is 0 Å². The molecule has 0 aliphatic carbocycles. The van der Waals surface area contributed by atoms with Crippen molar-refractivity contribution in [2.45, 2.75) is 46.1 Å². The lowest BCUT2D eigenvalue weighted by atomic mass is 10.0. The number of hydrogen-bond donors (Lipinski definition) is 0. The number of nitrogens with zero attached hydrogens (tertiary/aromatic N) is 2. The zero-order valence-corrected chi connectivity index (χ0v) is 12.8. The molecule has 0 bridgehead atoms. The van der Waals surface area contributed by atoms with Crippen LogP contribution in [0.3, 0.4) is 0 Å². The fourth-order valence-corrected chi connectivity index (χ4v) is 2.50. The largest absolute Gasteiger partial charge is 0.294 e. The zero-order valence-electron chi connectivity index (χ0n) is 12.8.